The molecule has 1 saturated heterocycles. The van der Waals surface area contributed by atoms with Crippen molar-refractivity contribution in [3.63, 3.8) is 0 Å². The van der Waals surface area contributed by atoms with Gasteiger partial charge in [-0.05, 0) is 19.4 Å². The molecule has 1 aliphatic heterocycles. The van der Waals surface area contributed by atoms with E-state index in [1.165, 1.54) is 0 Å². The maximum atomic E-state index is 12.8. The third-order valence-electron chi connectivity index (χ3n) is 2.78. The maximum absolute atomic E-state index is 12.8. The van der Waals surface area contributed by atoms with Gasteiger partial charge in [-0.25, -0.2) is 8.78 Å². The SMILES string of the molecule is CCN1CC(F)(F)C12CC2. The van der Waals surface area contributed by atoms with E-state index in [9.17, 15) is 8.78 Å². The summed E-state index contributed by atoms with van der Waals surface area (Å²) < 4.78 is 25.5. The number of hydrogen-bond donors (Lipinski definition) is 0. The Hall–Kier alpha value is -0.180. The second kappa shape index (κ2) is 1.52. The first kappa shape index (κ1) is 6.53. The molecule has 0 atom stereocenters. The van der Waals surface area contributed by atoms with Gasteiger partial charge in [-0.1, -0.05) is 6.92 Å². The molecule has 2 fully saturated rings. The van der Waals surface area contributed by atoms with Crippen LogP contribution in [-0.2, 0) is 0 Å². The summed E-state index contributed by atoms with van der Waals surface area (Å²) in [6.45, 7) is 2.70. The second-order valence-corrected chi connectivity index (χ2v) is 3.25. The van der Waals surface area contributed by atoms with Gasteiger partial charge in [-0.15, -0.1) is 0 Å². The number of likely N-dealkylation sites (tertiary alicyclic amines) is 1. The highest BCUT2D eigenvalue weighted by molar-refractivity contribution is 5.21. The molecule has 0 amide bonds. The Labute approximate surface area is 59.0 Å². The Morgan fingerprint density at radius 2 is 2.00 bits per heavy atom. The summed E-state index contributed by atoms with van der Waals surface area (Å²) in [4.78, 5) is 1.88. The minimum atomic E-state index is -2.37. The zero-order valence-electron chi connectivity index (χ0n) is 6.03. The monoisotopic (exact) mass is 147 g/mol. The second-order valence-electron chi connectivity index (χ2n) is 3.25. The van der Waals surface area contributed by atoms with Crippen LogP contribution in [0.4, 0.5) is 8.78 Å². The quantitative estimate of drug-likeness (QED) is 0.543. The molecule has 1 spiro atoms. The molecule has 0 aromatic rings. The van der Waals surface area contributed by atoms with E-state index < -0.39 is 11.5 Å². The Kier molecular flexibility index (Phi) is 0.994. The van der Waals surface area contributed by atoms with Gasteiger partial charge in [0.1, 0.15) is 0 Å². The van der Waals surface area contributed by atoms with Gasteiger partial charge in [0, 0.05) is 0 Å². The van der Waals surface area contributed by atoms with Gasteiger partial charge in [0.2, 0.25) is 0 Å². The fourth-order valence-corrected chi connectivity index (χ4v) is 1.89. The fourth-order valence-electron chi connectivity index (χ4n) is 1.89. The average molecular weight is 147 g/mol. The summed E-state index contributed by atoms with van der Waals surface area (Å²) in [5.74, 6) is -2.37. The molecular formula is C7H11F2N. The molecule has 1 aliphatic carbocycles. The van der Waals surface area contributed by atoms with Crippen LogP contribution >= 0.6 is 0 Å². The van der Waals surface area contributed by atoms with Crippen LogP contribution in [-0.4, -0.2) is 29.5 Å². The highest BCUT2D eigenvalue weighted by Crippen LogP contribution is 2.59. The van der Waals surface area contributed by atoms with Gasteiger partial charge < -0.3 is 0 Å². The lowest BCUT2D eigenvalue weighted by atomic mass is 9.95. The lowest BCUT2D eigenvalue weighted by Gasteiger charge is -2.48. The number of nitrogens with zero attached hydrogens (tertiary/aromatic N) is 1. The highest BCUT2D eigenvalue weighted by Gasteiger charge is 2.73. The minimum Gasteiger partial charge on any atom is -0.286 e. The molecule has 0 bridgehead atoms. The first-order valence-electron chi connectivity index (χ1n) is 3.75. The largest absolute Gasteiger partial charge is 0.286 e. The molecule has 1 nitrogen and oxygen atoms in total. The van der Waals surface area contributed by atoms with Crippen LogP contribution in [0.3, 0.4) is 0 Å². The average Bonchev–Trinajstić information content (AvgIpc) is 2.62. The molecule has 0 radical (unpaired) electrons. The summed E-state index contributed by atoms with van der Waals surface area (Å²) in [6, 6.07) is 0. The van der Waals surface area contributed by atoms with Crippen molar-refractivity contribution in [1.82, 2.24) is 4.90 Å². The van der Waals surface area contributed by atoms with Gasteiger partial charge in [-0.2, -0.15) is 0 Å². The summed E-state index contributed by atoms with van der Waals surface area (Å²) in [7, 11) is 0. The first-order valence-corrected chi connectivity index (χ1v) is 3.75. The molecule has 0 unspecified atom stereocenters. The van der Waals surface area contributed by atoms with Gasteiger partial charge >= 0.3 is 0 Å². The molecule has 0 aromatic carbocycles. The van der Waals surface area contributed by atoms with Crippen molar-refractivity contribution in [2.45, 2.75) is 31.2 Å². The highest BCUT2D eigenvalue weighted by atomic mass is 19.3. The third kappa shape index (κ3) is 0.506. The van der Waals surface area contributed by atoms with Crippen LogP contribution in [0.5, 0.6) is 0 Å². The summed E-state index contributed by atoms with van der Waals surface area (Å²) >= 11 is 0. The van der Waals surface area contributed by atoms with Gasteiger partial charge in [0.25, 0.3) is 5.92 Å². The Balaban J connectivity index is 2.12. The predicted molar refractivity (Wildman–Crippen MR) is 34.2 cm³/mol. The molecule has 2 aliphatic rings. The predicted octanol–water partition coefficient (Wildman–Crippen LogP) is 1.49. The molecule has 10 heavy (non-hydrogen) atoms. The Morgan fingerprint density at radius 1 is 1.40 bits per heavy atom. The van der Waals surface area contributed by atoms with E-state index in [0.717, 1.165) is 6.54 Å². The molecule has 58 valence electrons. The molecule has 0 aromatic heterocycles. The minimum absolute atomic E-state index is 0.0104. The lowest BCUT2D eigenvalue weighted by molar-refractivity contribution is -0.197. The molecule has 1 saturated carbocycles. The molecule has 3 heteroatoms. The van der Waals surface area contributed by atoms with Crippen molar-refractivity contribution in [2.24, 2.45) is 0 Å². The van der Waals surface area contributed by atoms with Crippen molar-refractivity contribution in [3.05, 3.63) is 0 Å². The van der Waals surface area contributed by atoms with Crippen molar-refractivity contribution < 1.29 is 8.78 Å². The summed E-state index contributed by atoms with van der Waals surface area (Å²) in [5, 5.41) is 0. The zero-order valence-corrected chi connectivity index (χ0v) is 6.03. The zero-order chi connectivity index (χ0) is 7.41. The number of halogens is 2. The Morgan fingerprint density at radius 3 is 2.20 bits per heavy atom. The van der Waals surface area contributed by atoms with E-state index in [1.807, 2.05) is 11.8 Å². The smallest absolute Gasteiger partial charge is 0.278 e. The number of hydrogen-bond acceptors (Lipinski definition) is 1. The first-order chi connectivity index (χ1) is 4.62. The lowest BCUT2D eigenvalue weighted by Crippen LogP contribution is -2.67. The van der Waals surface area contributed by atoms with Crippen molar-refractivity contribution in [1.29, 1.82) is 0 Å². The van der Waals surface area contributed by atoms with Crippen LogP contribution in [0.1, 0.15) is 19.8 Å². The third-order valence-corrected chi connectivity index (χ3v) is 2.78. The van der Waals surface area contributed by atoms with Crippen molar-refractivity contribution in [2.75, 3.05) is 13.1 Å². The van der Waals surface area contributed by atoms with E-state index in [0.29, 0.717) is 12.8 Å². The van der Waals surface area contributed by atoms with Gasteiger partial charge in [0.05, 0.1) is 12.1 Å². The van der Waals surface area contributed by atoms with Gasteiger partial charge in [0.15, 0.2) is 0 Å². The fraction of sp³-hybridized carbons (Fsp3) is 1.00. The maximum Gasteiger partial charge on any atom is 0.278 e. The van der Waals surface area contributed by atoms with Crippen molar-refractivity contribution in [3.8, 4) is 0 Å². The summed E-state index contributed by atoms with van der Waals surface area (Å²) in [6.07, 6.45) is 1.40. The molecule has 1 heterocycles. The van der Waals surface area contributed by atoms with Crippen LogP contribution in [0.25, 0.3) is 0 Å². The standard InChI is InChI=1S/C7H11F2N/c1-2-10-5-7(8,9)6(10)3-4-6/h2-5H2,1H3. The van der Waals surface area contributed by atoms with E-state index >= 15 is 0 Å². The van der Waals surface area contributed by atoms with E-state index in [2.05, 4.69) is 0 Å². The van der Waals surface area contributed by atoms with Crippen LogP contribution in [0.15, 0.2) is 0 Å². The number of alkyl halides is 2. The number of rotatable bonds is 1. The molecule has 2 rings (SSSR count). The van der Waals surface area contributed by atoms with Crippen LogP contribution in [0.2, 0.25) is 0 Å². The molecular weight excluding hydrogens is 136 g/mol. The van der Waals surface area contributed by atoms with E-state index in [-0.39, 0.29) is 6.54 Å². The van der Waals surface area contributed by atoms with Crippen LogP contribution < -0.4 is 0 Å². The van der Waals surface area contributed by atoms with Crippen molar-refractivity contribution >= 4 is 0 Å². The van der Waals surface area contributed by atoms with Gasteiger partial charge in [-0.3, -0.25) is 4.90 Å². The summed E-state index contributed by atoms with van der Waals surface area (Å²) in [5.41, 5.74) is -0.665. The van der Waals surface area contributed by atoms with E-state index in [4.69, 9.17) is 0 Å². The molecule has 0 N–H and O–H groups in total. The normalized spacial score (nSPS) is 33.9. The van der Waals surface area contributed by atoms with E-state index in [1.54, 1.807) is 0 Å². The topological polar surface area (TPSA) is 3.24 Å². The van der Waals surface area contributed by atoms with Crippen LogP contribution in [0, 0.1) is 0 Å². The Bertz CT molecular complexity index is 163.